The molecule has 0 amide bonds. The van der Waals surface area contributed by atoms with Crippen molar-refractivity contribution in [3.63, 3.8) is 0 Å². The molecule has 3 nitrogen and oxygen atoms in total. The van der Waals surface area contributed by atoms with E-state index in [1.165, 1.54) is 6.07 Å². The van der Waals surface area contributed by atoms with E-state index in [2.05, 4.69) is 25.9 Å². The lowest BCUT2D eigenvalue weighted by molar-refractivity contribution is 0.508. The van der Waals surface area contributed by atoms with Crippen molar-refractivity contribution >= 4 is 27.2 Å². The predicted molar refractivity (Wildman–Crippen MR) is 64.9 cm³/mol. The van der Waals surface area contributed by atoms with Gasteiger partial charge in [-0.15, -0.1) is 0 Å². The number of hydrogen-bond acceptors (Lipinski definition) is 3. The summed E-state index contributed by atoms with van der Waals surface area (Å²) >= 11 is 3.26. The summed E-state index contributed by atoms with van der Waals surface area (Å²) in [6.07, 6.45) is 1.58. The molecule has 0 saturated heterocycles. The van der Waals surface area contributed by atoms with Crippen molar-refractivity contribution in [3.05, 3.63) is 46.6 Å². The second-order valence-electron chi connectivity index (χ2n) is 3.62. The van der Waals surface area contributed by atoms with Gasteiger partial charge in [0.1, 0.15) is 0 Å². The van der Waals surface area contributed by atoms with Crippen LogP contribution < -0.4 is 0 Å². The van der Waals surface area contributed by atoms with Crippen molar-refractivity contribution in [2.75, 3.05) is 0 Å². The molecule has 0 fully saturated rings. The fourth-order valence-corrected chi connectivity index (χ4v) is 1.86. The molecular formula is C12H5BrF2N2O. The highest BCUT2D eigenvalue weighted by Gasteiger charge is 2.11. The molecule has 3 aromatic rings. The zero-order valence-corrected chi connectivity index (χ0v) is 10.4. The Morgan fingerprint density at radius 2 is 1.94 bits per heavy atom. The number of rotatable bonds is 1. The highest BCUT2D eigenvalue weighted by Crippen LogP contribution is 2.25. The molecule has 0 spiro atoms. The van der Waals surface area contributed by atoms with E-state index in [4.69, 9.17) is 4.42 Å². The van der Waals surface area contributed by atoms with E-state index in [9.17, 15) is 8.78 Å². The molecule has 3 rings (SSSR count). The van der Waals surface area contributed by atoms with Gasteiger partial charge < -0.3 is 4.42 Å². The van der Waals surface area contributed by atoms with Crippen molar-refractivity contribution in [1.82, 2.24) is 9.97 Å². The molecule has 0 atom stereocenters. The number of fused-ring (bicyclic) bond motifs is 1. The lowest BCUT2D eigenvalue weighted by Gasteiger charge is -1.95. The van der Waals surface area contributed by atoms with Gasteiger partial charge in [0, 0.05) is 22.3 Å². The Hall–Kier alpha value is -1.82. The monoisotopic (exact) mass is 310 g/mol. The average molecular weight is 311 g/mol. The number of aromatic nitrogens is 2. The Morgan fingerprint density at radius 3 is 2.72 bits per heavy atom. The third kappa shape index (κ3) is 1.88. The van der Waals surface area contributed by atoms with E-state index in [-0.39, 0.29) is 5.89 Å². The first-order chi connectivity index (χ1) is 8.63. The molecule has 0 radical (unpaired) electrons. The first kappa shape index (κ1) is 11.3. The molecule has 2 aromatic heterocycles. The maximum absolute atomic E-state index is 13.1. The molecule has 2 heterocycles. The van der Waals surface area contributed by atoms with Gasteiger partial charge >= 0.3 is 0 Å². The number of benzene rings is 1. The van der Waals surface area contributed by atoms with E-state index in [0.29, 0.717) is 16.8 Å². The molecule has 90 valence electrons. The minimum atomic E-state index is -0.941. The van der Waals surface area contributed by atoms with Crippen LogP contribution in [-0.2, 0) is 0 Å². The van der Waals surface area contributed by atoms with Crippen molar-refractivity contribution in [1.29, 1.82) is 0 Å². The SMILES string of the molecule is Fc1ccc(-c2nc3ncc(Br)cc3o2)cc1F. The van der Waals surface area contributed by atoms with Gasteiger partial charge in [0.05, 0.1) is 0 Å². The van der Waals surface area contributed by atoms with Crippen LogP contribution in [0.2, 0.25) is 0 Å². The van der Waals surface area contributed by atoms with Crippen LogP contribution >= 0.6 is 15.9 Å². The Balaban J connectivity index is 2.16. The van der Waals surface area contributed by atoms with E-state index in [0.717, 1.165) is 16.6 Å². The van der Waals surface area contributed by atoms with Crippen LogP contribution in [0.1, 0.15) is 0 Å². The molecule has 0 N–H and O–H groups in total. The zero-order chi connectivity index (χ0) is 12.7. The van der Waals surface area contributed by atoms with E-state index < -0.39 is 11.6 Å². The smallest absolute Gasteiger partial charge is 0.228 e. The molecule has 0 unspecified atom stereocenters. The lowest BCUT2D eigenvalue weighted by Crippen LogP contribution is -1.85. The van der Waals surface area contributed by atoms with Gasteiger partial charge in [-0.1, -0.05) is 0 Å². The van der Waals surface area contributed by atoms with E-state index in [1.54, 1.807) is 12.3 Å². The first-order valence-electron chi connectivity index (χ1n) is 5.01. The molecule has 6 heteroatoms. The van der Waals surface area contributed by atoms with Crippen LogP contribution in [0, 0.1) is 11.6 Å². The van der Waals surface area contributed by atoms with Crippen LogP contribution in [0.4, 0.5) is 8.78 Å². The van der Waals surface area contributed by atoms with Gasteiger partial charge in [-0.25, -0.2) is 13.8 Å². The molecule has 18 heavy (non-hydrogen) atoms. The highest BCUT2D eigenvalue weighted by molar-refractivity contribution is 9.10. The number of hydrogen-bond donors (Lipinski definition) is 0. The van der Waals surface area contributed by atoms with Crippen molar-refractivity contribution < 1.29 is 13.2 Å². The largest absolute Gasteiger partial charge is 0.434 e. The minimum absolute atomic E-state index is 0.203. The normalized spacial score (nSPS) is 11.1. The van der Waals surface area contributed by atoms with E-state index >= 15 is 0 Å². The Morgan fingerprint density at radius 1 is 1.11 bits per heavy atom. The number of nitrogens with zero attached hydrogens (tertiary/aromatic N) is 2. The molecule has 0 aliphatic rings. The van der Waals surface area contributed by atoms with Crippen LogP contribution in [-0.4, -0.2) is 9.97 Å². The van der Waals surface area contributed by atoms with Crippen molar-refractivity contribution in [2.24, 2.45) is 0 Å². The summed E-state index contributed by atoms with van der Waals surface area (Å²) < 4.78 is 32.1. The predicted octanol–water partition coefficient (Wildman–Crippen LogP) is 3.93. The van der Waals surface area contributed by atoms with Gasteiger partial charge in [0.25, 0.3) is 0 Å². The van der Waals surface area contributed by atoms with Crippen LogP contribution in [0.15, 0.2) is 39.4 Å². The first-order valence-corrected chi connectivity index (χ1v) is 5.80. The van der Waals surface area contributed by atoms with Gasteiger partial charge in [0.15, 0.2) is 22.9 Å². The minimum Gasteiger partial charge on any atom is -0.434 e. The summed E-state index contributed by atoms with van der Waals surface area (Å²) in [6.45, 7) is 0. The topological polar surface area (TPSA) is 38.9 Å². The maximum atomic E-state index is 13.1. The lowest BCUT2D eigenvalue weighted by atomic mass is 10.2. The third-order valence-electron chi connectivity index (χ3n) is 2.38. The van der Waals surface area contributed by atoms with E-state index in [1.807, 2.05) is 0 Å². The standard InChI is InChI=1S/C12H5BrF2N2O/c13-7-4-10-11(16-5-7)17-12(18-10)6-1-2-8(14)9(15)3-6/h1-5H. The number of pyridine rings is 1. The summed E-state index contributed by atoms with van der Waals surface area (Å²) in [5, 5.41) is 0. The van der Waals surface area contributed by atoms with Gasteiger partial charge in [-0.2, -0.15) is 4.98 Å². The Bertz CT molecular complexity index is 742. The van der Waals surface area contributed by atoms with Crippen molar-refractivity contribution in [3.8, 4) is 11.5 Å². The summed E-state index contributed by atoms with van der Waals surface area (Å²) in [7, 11) is 0. The second kappa shape index (κ2) is 4.13. The van der Waals surface area contributed by atoms with Crippen molar-refractivity contribution in [2.45, 2.75) is 0 Å². The highest BCUT2D eigenvalue weighted by atomic mass is 79.9. The average Bonchev–Trinajstić information content (AvgIpc) is 2.75. The van der Waals surface area contributed by atoms with Gasteiger partial charge in [0.2, 0.25) is 5.89 Å². The molecular weight excluding hydrogens is 306 g/mol. The molecule has 1 aromatic carbocycles. The fourth-order valence-electron chi connectivity index (χ4n) is 1.55. The summed E-state index contributed by atoms with van der Waals surface area (Å²) in [5.41, 5.74) is 1.25. The number of halogens is 3. The second-order valence-corrected chi connectivity index (χ2v) is 4.54. The van der Waals surface area contributed by atoms with Crippen LogP contribution in [0.5, 0.6) is 0 Å². The Kier molecular flexibility index (Phi) is 2.59. The Labute approximate surface area is 109 Å². The van der Waals surface area contributed by atoms with Crippen LogP contribution in [0.3, 0.4) is 0 Å². The third-order valence-corrected chi connectivity index (χ3v) is 2.81. The molecule has 0 saturated carbocycles. The zero-order valence-electron chi connectivity index (χ0n) is 8.82. The van der Waals surface area contributed by atoms with Gasteiger partial charge in [-0.3, -0.25) is 0 Å². The maximum Gasteiger partial charge on any atom is 0.228 e. The summed E-state index contributed by atoms with van der Waals surface area (Å²) in [5.74, 6) is -1.64. The quantitative estimate of drug-likeness (QED) is 0.683. The fraction of sp³-hybridized carbons (Fsp3) is 0. The molecule has 0 aliphatic heterocycles. The van der Waals surface area contributed by atoms with Crippen LogP contribution in [0.25, 0.3) is 22.7 Å². The molecule has 0 aliphatic carbocycles. The molecule has 0 bridgehead atoms. The summed E-state index contributed by atoms with van der Waals surface area (Å²) in [6, 6.07) is 5.18. The number of oxazole rings is 1. The van der Waals surface area contributed by atoms with Gasteiger partial charge in [-0.05, 0) is 34.1 Å². The summed E-state index contributed by atoms with van der Waals surface area (Å²) in [4.78, 5) is 8.15.